The van der Waals surface area contributed by atoms with Crippen LogP contribution < -0.4 is 10.0 Å². The third kappa shape index (κ3) is 6.99. The molecule has 37 heavy (non-hydrogen) atoms. The molecule has 188 valence electrons. The van der Waals surface area contributed by atoms with Gasteiger partial charge in [-0.25, -0.2) is 18.1 Å². The second-order valence-corrected chi connectivity index (χ2v) is 10.6. The Balaban J connectivity index is 1.39. The maximum Gasteiger partial charge on any atom is 0.264 e. The molecule has 11 heteroatoms. The van der Waals surface area contributed by atoms with Crippen LogP contribution in [0.25, 0.3) is 22.5 Å². The normalized spacial score (nSPS) is 11.1. The minimum absolute atomic E-state index is 0.0749. The third-order valence-electron chi connectivity index (χ3n) is 5.05. The fourth-order valence-electron chi connectivity index (χ4n) is 3.38. The van der Waals surface area contributed by atoms with Crippen LogP contribution in [-0.2, 0) is 19.6 Å². The van der Waals surface area contributed by atoms with Gasteiger partial charge in [0.25, 0.3) is 10.0 Å². The van der Waals surface area contributed by atoms with Gasteiger partial charge in [-0.2, -0.15) is 0 Å². The highest BCUT2D eigenvalue weighted by Gasteiger charge is 2.16. The van der Waals surface area contributed by atoms with Crippen molar-refractivity contribution in [1.29, 1.82) is 0 Å². The van der Waals surface area contributed by atoms with Gasteiger partial charge in [0.05, 0.1) is 4.90 Å². The molecule has 2 N–H and O–H groups in total. The summed E-state index contributed by atoms with van der Waals surface area (Å²) in [5.74, 6) is -0.511. The highest BCUT2D eigenvalue weighted by molar-refractivity contribution is 7.99. The average molecular weight is 534 g/mol. The van der Waals surface area contributed by atoms with Crippen molar-refractivity contribution in [3.8, 4) is 22.5 Å². The third-order valence-corrected chi connectivity index (χ3v) is 7.34. The standard InChI is InChI=1S/C26H23N5O4S2/c1-18(32)31-37(34,35)22-14-12-21(13-15-22)27-23(33)16-17-36-26-28-24(19-8-4-2-5-9-19)25(29-30-26)20-10-6-3-7-11-20/h2-15H,16-17H2,1H3,(H,27,33)(H,31,32). The molecule has 0 aliphatic rings. The number of benzene rings is 3. The summed E-state index contributed by atoms with van der Waals surface area (Å²) in [4.78, 5) is 28.1. The topological polar surface area (TPSA) is 131 Å². The van der Waals surface area contributed by atoms with E-state index in [1.165, 1.54) is 36.0 Å². The Bertz CT molecular complexity index is 1500. The molecule has 2 amide bonds. The molecule has 0 saturated heterocycles. The number of carbonyl (C=O) groups is 2. The summed E-state index contributed by atoms with van der Waals surface area (Å²) in [5, 5.41) is 11.9. The van der Waals surface area contributed by atoms with Gasteiger partial charge < -0.3 is 5.32 Å². The minimum atomic E-state index is -3.93. The molecule has 3 aromatic carbocycles. The van der Waals surface area contributed by atoms with Gasteiger partial charge >= 0.3 is 0 Å². The van der Waals surface area contributed by atoms with E-state index in [-0.39, 0.29) is 17.2 Å². The minimum Gasteiger partial charge on any atom is -0.326 e. The smallest absolute Gasteiger partial charge is 0.264 e. The van der Waals surface area contributed by atoms with Gasteiger partial charge in [-0.1, -0.05) is 72.4 Å². The molecular weight excluding hydrogens is 510 g/mol. The number of sulfonamides is 1. The van der Waals surface area contributed by atoms with Crippen molar-refractivity contribution in [3.05, 3.63) is 84.9 Å². The van der Waals surface area contributed by atoms with Crippen LogP contribution in [0.15, 0.2) is 95.0 Å². The molecule has 0 bridgehead atoms. The second kappa shape index (κ2) is 11.8. The van der Waals surface area contributed by atoms with E-state index in [1.54, 1.807) is 0 Å². The van der Waals surface area contributed by atoms with Gasteiger partial charge in [0.15, 0.2) is 0 Å². The highest BCUT2D eigenvalue weighted by Crippen LogP contribution is 2.29. The maximum absolute atomic E-state index is 12.4. The molecule has 0 spiro atoms. The van der Waals surface area contributed by atoms with Crippen LogP contribution in [0.3, 0.4) is 0 Å². The number of nitrogens with zero attached hydrogens (tertiary/aromatic N) is 3. The van der Waals surface area contributed by atoms with Gasteiger partial charge in [0.2, 0.25) is 17.0 Å². The summed E-state index contributed by atoms with van der Waals surface area (Å²) in [6, 6.07) is 25.0. The molecule has 0 fully saturated rings. The lowest BCUT2D eigenvalue weighted by Crippen LogP contribution is -2.28. The van der Waals surface area contributed by atoms with Crippen LogP contribution in [0.5, 0.6) is 0 Å². The zero-order chi connectivity index (χ0) is 26.3. The first-order valence-corrected chi connectivity index (χ1v) is 13.7. The quantitative estimate of drug-likeness (QED) is 0.307. The van der Waals surface area contributed by atoms with Crippen molar-refractivity contribution in [2.75, 3.05) is 11.1 Å². The molecule has 1 heterocycles. The van der Waals surface area contributed by atoms with E-state index in [0.29, 0.717) is 28.0 Å². The van der Waals surface area contributed by atoms with Crippen molar-refractivity contribution in [1.82, 2.24) is 19.9 Å². The first kappa shape index (κ1) is 26.0. The number of aromatic nitrogens is 3. The zero-order valence-electron chi connectivity index (χ0n) is 19.8. The first-order valence-electron chi connectivity index (χ1n) is 11.2. The highest BCUT2D eigenvalue weighted by atomic mass is 32.2. The van der Waals surface area contributed by atoms with Gasteiger partial charge in [0.1, 0.15) is 11.4 Å². The Morgan fingerprint density at radius 1 is 0.811 bits per heavy atom. The lowest BCUT2D eigenvalue weighted by atomic mass is 10.0. The summed E-state index contributed by atoms with van der Waals surface area (Å²) in [5.41, 5.74) is 3.65. The Hall–Kier alpha value is -4.09. The van der Waals surface area contributed by atoms with E-state index in [0.717, 1.165) is 18.1 Å². The number of hydrogen-bond donors (Lipinski definition) is 2. The van der Waals surface area contributed by atoms with E-state index in [1.807, 2.05) is 65.4 Å². The summed E-state index contributed by atoms with van der Waals surface area (Å²) >= 11 is 1.32. The average Bonchev–Trinajstić information content (AvgIpc) is 2.89. The number of nitrogens with one attached hydrogen (secondary N) is 2. The molecule has 0 saturated carbocycles. The summed E-state index contributed by atoms with van der Waals surface area (Å²) in [7, 11) is -3.93. The van der Waals surface area contributed by atoms with Crippen LogP contribution in [0.1, 0.15) is 13.3 Å². The van der Waals surface area contributed by atoms with Gasteiger partial charge in [-0.3, -0.25) is 9.59 Å². The van der Waals surface area contributed by atoms with E-state index in [2.05, 4.69) is 15.5 Å². The van der Waals surface area contributed by atoms with Crippen molar-refractivity contribution < 1.29 is 18.0 Å². The molecule has 0 atom stereocenters. The molecule has 0 aliphatic carbocycles. The van der Waals surface area contributed by atoms with E-state index in [4.69, 9.17) is 4.98 Å². The lowest BCUT2D eigenvalue weighted by Gasteiger charge is -2.10. The van der Waals surface area contributed by atoms with E-state index < -0.39 is 15.9 Å². The lowest BCUT2D eigenvalue weighted by molar-refractivity contribution is -0.117. The van der Waals surface area contributed by atoms with Crippen LogP contribution in [0.4, 0.5) is 5.69 Å². The zero-order valence-corrected chi connectivity index (χ0v) is 21.4. The van der Waals surface area contributed by atoms with Crippen LogP contribution in [-0.4, -0.2) is 41.2 Å². The fourth-order valence-corrected chi connectivity index (χ4v) is 5.10. The summed E-state index contributed by atoms with van der Waals surface area (Å²) < 4.78 is 26.0. The number of anilines is 1. The van der Waals surface area contributed by atoms with Crippen molar-refractivity contribution in [2.45, 2.75) is 23.4 Å². The summed E-state index contributed by atoms with van der Waals surface area (Å²) in [6.45, 7) is 1.12. The van der Waals surface area contributed by atoms with Crippen molar-refractivity contribution >= 4 is 39.3 Å². The Labute approximate surface area is 218 Å². The number of carbonyl (C=O) groups excluding carboxylic acids is 2. The predicted molar refractivity (Wildman–Crippen MR) is 142 cm³/mol. The van der Waals surface area contributed by atoms with Gasteiger partial charge in [-0.05, 0) is 24.3 Å². The molecule has 4 aromatic rings. The largest absolute Gasteiger partial charge is 0.326 e. The summed E-state index contributed by atoms with van der Waals surface area (Å²) in [6.07, 6.45) is 0.182. The predicted octanol–water partition coefficient (Wildman–Crippen LogP) is 4.15. The molecule has 1 aromatic heterocycles. The van der Waals surface area contributed by atoms with Gasteiger partial charge in [-0.15, -0.1) is 10.2 Å². The van der Waals surface area contributed by atoms with Gasteiger partial charge in [0, 0.05) is 35.9 Å². The molecule has 0 aliphatic heterocycles. The second-order valence-electron chi connectivity index (χ2n) is 7.86. The SMILES string of the molecule is CC(=O)NS(=O)(=O)c1ccc(NC(=O)CCSc2nnc(-c3ccccc3)c(-c3ccccc3)n2)cc1. The maximum atomic E-state index is 12.4. The molecular formula is C26H23N5O4S2. The molecule has 9 nitrogen and oxygen atoms in total. The van der Waals surface area contributed by atoms with E-state index in [9.17, 15) is 18.0 Å². The van der Waals surface area contributed by atoms with Crippen LogP contribution in [0.2, 0.25) is 0 Å². The molecule has 0 radical (unpaired) electrons. The number of amides is 2. The first-order chi connectivity index (χ1) is 17.8. The molecule has 0 unspecified atom stereocenters. The molecule has 4 rings (SSSR count). The Morgan fingerprint density at radius 2 is 1.41 bits per heavy atom. The number of hydrogen-bond acceptors (Lipinski definition) is 8. The van der Waals surface area contributed by atoms with Crippen molar-refractivity contribution in [2.24, 2.45) is 0 Å². The van der Waals surface area contributed by atoms with Crippen molar-refractivity contribution in [3.63, 3.8) is 0 Å². The van der Waals surface area contributed by atoms with Crippen LogP contribution in [0, 0.1) is 0 Å². The Morgan fingerprint density at radius 3 is 2.00 bits per heavy atom. The fraction of sp³-hybridized carbons (Fsp3) is 0.115. The van der Waals surface area contributed by atoms with E-state index >= 15 is 0 Å². The van der Waals surface area contributed by atoms with Crippen LogP contribution >= 0.6 is 11.8 Å². The number of thioether (sulfide) groups is 1. The Kier molecular flexibility index (Phi) is 8.26. The monoisotopic (exact) mass is 533 g/mol. The number of rotatable bonds is 9.